The quantitative estimate of drug-likeness (QED) is 0.269. The number of aliphatic carboxylic acids is 1. The molecule has 0 fully saturated rings. The summed E-state index contributed by atoms with van der Waals surface area (Å²) >= 11 is 0. The van der Waals surface area contributed by atoms with E-state index in [1.54, 1.807) is 6.08 Å². The van der Waals surface area contributed by atoms with Crippen molar-refractivity contribution >= 4 is 5.97 Å². The molecule has 0 radical (unpaired) electrons. The zero-order valence-corrected chi connectivity index (χ0v) is 14.7. The Bertz CT molecular complexity index is 310. The molecule has 0 aromatic carbocycles. The summed E-state index contributed by atoms with van der Waals surface area (Å²) < 4.78 is 0. The molecule has 0 saturated carbocycles. The number of rotatable bonds is 17. The van der Waals surface area contributed by atoms with Crippen LogP contribution in [0, 0.1) is 0 Å². The number of carboxylic acids is 1. The number of allylic oxidation sites excluding steroid dienone is 2. The molecule has 0 bridgehead atoms. The second-order valence-corrected chi connectivity index (χ2v) is 6.32. The molecule has 0 heterocycles. The number of unbranched alkanes of at least 4 members (excludes halogenated alkanes) is 12. The van der Waals surface area contributed by atoms with E-state index in [0.29, 0.717) is 0 Å². The molecule has 0 aliphatic heterocycles. The lowest BCUT2D eigenvalue weighted by molar-refractivity contribution is -0.146. The lowest BCUT2D eigenvalue weighted by Crippen LogP contribution is -2.17. The summed E-state index contributed by atoms with van der Waals surface area (Å²) in [5, 5.41) is 17.6. The largest absolute Gasteiger partial charge is 0.479 e. The van der Waals surface area contributed by atoms with Crippen LogP contribution in [0.15, 0.2) is 24.8 Å². The first kappa shape index (κ1) is 21.9. The van der Waals surface area contributed by atoms with Gasteiger partial charge in [0, 0.05) is 6.42 Å². The molecule has 0 rings (SSSR count). The van der Waals surface area contributed by atoms with E-state index in [0.717, 1.165) is 19.3 Å². The van der Waals surface area contributed by atoms with Crippen LogP contribution in [0.2, 0.25) is 0 Å². The van der Waals surface area contributed by atoms with Crippen LogP contribution >= 0.6 is 0 Å². The molecule has 134 valence electrons. The minimum absolute atomic E-state index is 0.211. The number of hydrogen-bond acceptors (Lipinski definition) is 2. The summed E-state index contributed by atoms with van der Waals surface area (Å²) in [6, 6.07) is 0. The molecule has 0 aliphatic carbocycles. The van der Waals surface area contributed by atoms with E-state index in [1.807, 2.05) is 12.2 Å². The Morgan fingerprint density at radius 3 is 1.65 bits per heavy atom. The molecule has 1 unspecified atom stereocenters. The van der Waals surface area contributed by atoms with E-state index >= 15 is 0 Å². The van der Waals surface area contributed by atoms with Crippen LogP contribution in [0.3, 0.4) is 0 Å². The van der Waals surface area contributed by atoms with Gasteiger partial charge in [-0.25, -0.2) is 4.79 Å². The van der Waals surface area contributed by atoms with Gasteiger partial charge in [-0.15, -0.1) is 6.58 Å². The van der Waals surface area contributed by atoms with Crippen molar-refractivity contribution in [2.75, 3.05) is 0 Å². The van der Waals surface area contributed by atoms with Gasteiger partial charge in [0.25, 0.3) is 0 Å². The van der Waals surface area contributed by atoms with E-state index in [4.69, 9.17) is 10.2 Å². The molecule has 0 aliphatic rings. The fourth-order valence-corrected chi connectivity index (χ4v) is 2.59. The number of hydrogen-bond donors (Lipinski definition) is 2. The SMILES string of the molecule is C=CCCCCCCCCCCCCCC=CCC(O)C(=O)O. The lowest BCUT2D eigenvalue weighted by Gasteiger charge is -2.02. The van der Waals surface area contributed by atoms with Gasteiger partial charge in [0.2, 0.25) is 0 Å². The third kappa shape index (κ3) is 17.1. The molecule has 0 amide bonds. The van der Waals surface area contributed by atoms with Crippen LogP contribution in [0.4, 0.5) is 0 Å². The maximum atomic E-state index is 10.4. The van der Waals surface area contributed by atoms with Crippen LogP contribution in [0.25, 0.3) is 0 Å². The van der Waals surface area contributed by atoms with Gasteiger partial charge in [0.15, 0.2) is 6.10 Å². The van der Waals surface area contributed by atoms with E-state index in [9.17, 15) is 4.79 Å². The zero-order chi connectivity index (χ0) is 17.2. The lowest BCUT2D eigenvalue weighted by atomic mass is 10.0. The average molecular weight is 325 g/mol. The first-order valence-electron chi connectivity index (χ1n) is 9.35. The average Bonchev–Trinajstić information content (AvgIpc) is 2.54. The standard InChI is InChI=1S/C20H36O3/c1-2-3-4-5-6-7-8-9-10-11-12-13-14-15-16-17-18-19(21)20(22)23/h2,16-17,19,21H,1,3-15,18H2,(H,22,23). The maximum absolute atomic E-state index is 10.4. The van der Waals surface area contributed by atoms with Crippen LogP contribution in [-0.2, 0) is 4.79 Å². The van der Waals surface area contributed by atoms with Gasteiger partial charge in [-0.2, -0.15) is 0 Å². The van der Waals surface area contributed by atoms with Gasteiger partial charge in [0.1, 0.15) is 0 Å². The highest BCUT2D eigenvalue weighted by atomic mass is 16.4. The Hall–Kier alpha value is -1.09. The molecule has 3 nitrogen and oxygen atoms in total. The monoisotopic (exact) mass is 324 g/mol. The molecule has 2 N–H and O–H groups in total. The minimum Gasteiger partial charge on any atom is -0.479 e. The molecule has 3 heteroatoms. The molecular weight excluding hydrogens is 288 g/mol. The van der Waals surface area contributed by atoms with Crippen molar-refractivity contribution in [3.05, 3.63) is 24.8 Å². The van der Waals surface area contributed by atoms with Crippen molar-refractivity contribution in [1.29, 1.82) is 0 Å². The fourth-order valence-electron chi connectivity index (χ4n) is 2.59. The van der Waals surface area contributed by atoms with Gasteiger partial charge < -0.3 is 10.2 Å². The summed E-state index contributed by atoms with van der Waals surface area (Å²) in [4.78, 5) is 10.4. The fraction of sp³-hybridized carbons (Fsp3) is 0.750. The zero-order valence-electron chi connectivity index (χ0n) is 14.7. The van der Waals surface area contributed by atoms with Crippen molar-refractivity contribution in [3.63, 3.8) is 0 Å². The number of aliphatic hydroxyl groups is 1. The third-order valence-corrected chi connectivity index (χ3v) is 4.09. The smallest absolute Gasteiger partial charge is 0.332 e. The summed E-state index contributed by atoms with van der Waals surface area (Å²) in [5.74, 6) is -1.15. The topological polar surface area (TPSA) is 57.5 Å². The van der Waals surface area contributed by atoms with Crippen LogP contribution in [0.1, 0.15) is 89.9 Å². The van der Waals surface area contributed by atoms with Crippen LogP contribution in [-0.4, -0.2) is 22.3 Å². The highest BCUT2D eigenvalue weighted by Gasteiger charge is 2.09. The maximum Gasteiger partial charge on any atom is 0.332 e. The Morgan fingerprint density at radius 2 is 1.22 bits per heavy atom. The Morgan fingerprint density at radius 1 is 0.783 bits per heavy atom. The molecule has 0 spiro atoms. The second kappa shape index (κ2) is 17.3. The highest BCUT2D eigenvalue weighted by molar-refractivity contribution is 5.72. The van der Waals surface area contributed by atoms with Crippen molar-refractivity contribution in [2.45, 2.75) is 96.0 Å². The first-order chi connectivity index (χ1) is 11.2. The minimum atomic E-state index is -1.26. The normalized spacial score (nSPS) is 12.6. The molecular formula is C20H36O3. The van der Waals surface area contributed by atoms with E-state index in [2.05, 4.69) is 6.58 Å². The van der Waals surface area contributed by atoms with E-state index < -0.39 is 12.1 Å². The van der Waals surface area contributed by atoms with E-state index in [-0.39, 0.29) is 6.42 Å². The summed E-state index contributed by atoms with van der Waals surface area (Å²) in [6.07, 6.45) is 21.4. The molecule has 23 heavy (non-hydrogen) atoms. The molecule has 0 aromatic rings. The molecule has 0 aromatic heterocycles. The highest BCUT2D eigenvalue weighted by Crippen LogP contribution is 2.12. The van der Waals surface area contributed by atoms with Gasteiger partial charge in [-0.05, 0) is 25.7 Å². The van der Waals surface area contributed by atoms with Crippen molar-refractivity contribution in [2.24, 2.45) is 0 Å². The van der Waals surface area contributed by atoms with Crippen molar-refractivity contribution in [3.8, 4) is 0 Å². The van der Waals surface area contributed by atoms with Crippen LogP contribution in [0.5, 0.6) is 0 Å². The van der Waals surface area contributed by atoms with E-state index in [1.165, 1.54) is 64.2 Å². The first-order valence-corrected chi connectivity index (χ1v) is 9.35. The van der Waals surface area contributed by atoms with Crippen molar-refractivity contribution < 1.29 is 15.0 Å². The Balaban J connectivity index is 3.14. The predicted molar refractivity (Wildman–Crippen MR) is 97.6 cm³/mol. The molecule has 0 saturated heterocycles. The second-order valence-electron chi connectivity index (χ2n) is 6.32. The Labute approximate surface area is 142 Å². The molecule has 1 atom stereocenters. The summed E-state index contributed by atoms with van der Waals surface area (Å²) in [7, 11) is 0. The van der Waals surface area contributed by atoms with Gasteiger partial charge in [0.05, 0.1) is 0 Å². The third-order valence-electron chi connectivity index (χ3n) is 4.09. The van der Waals surface area contributed by atoms with Gasteiger partial charge >= 0.3 is 5.97 Å². The van der Waals surface area contributed by atoms with Crippen LogP contribution < -0.4 is 0 Å². The number of carbonyl (C=O) groups is 1. The Kier molecular flexibility index (Phi) is 16.4. The van der Waals surface area contributed by atoms with Gasteiger partial charge in [-0.1, -0.05) is 76.0 Å². The summed E-state index contributed by atoms with van der Waals surface area (Å²) in [5.41, 5.74) is 0. The summed E-state index contributed by atoms with van der Waals surface area (Å²) in [6.45, 7) is 3.74. The number of carboxylic acid groups (broad SMARTS) is 1. The predicted octanol–water partition coefficient (Wildman–Crippen LogP) is 5.64. The van der Waals surface area contributed by atoms with Gasteiger partial charge in [-0.3, -0.25) is 0 Å². The van der Waals surface area contributed by atoms with Crippen molar-refractivity contribution in [1.82, 2.24) is 0 Å². The number of aliphatic hydroxyl groups excluding tert-OH is 1.